The first-order chi connectivity index (χ1) is 10.2. The molecule has 0 aliphatic rings. The van der Waals surface area contributed by atoms with Gasteiger partial charge in [0.15, 0.2) is 0 Å². The molecule has 5 heteroatoms. The van der Waals surface area contributed by atoms with E-state index in [2.05, 4.69) is 5.10 Å². The fourth-order valence-electron chi connectivity index (χ4n) is 2.24. The van der Waals surface area contributed by atoms with E-state index < -0.39 is 6.09 Å². The maximum Gasteiger partial charge on any atom is 0.427 e. The fourth-order valence-corrected chi connectivity index (χ4v) is 2.24. The maximum absolute atomic E-state index is 11.5. The molecule has 1 amide bonds. The molecule has 1 N–H and O–H groups in total. The summed E-state index contributed by atoms with van der Waals surface area (Å²) in [6, 6.07) is 17.4. The number of amides is 1. The van der Waals surface area contributed by atoms with E-state index in [1.54, 1.807) is 6.20 Å². The van der Waals surface area contributed by atoms with Crippen LogP contribution < -0.4 is 5.01 Å². The molecule has 3 rings (SSSR count). The molecule has 5 nitrogen and oxygen atoms in total. The van der Waals surface area contributed by atoms with E-state index in [1.165, 1.54) is 9.80 Å². The highest BCUT2D eigenvalue weighted by atomic mass is 16.4. The van der Waals surface area contributed by atoms with Crippen molar-refractivity contribution < 1.29 is 9.90 Å². The molecule has 106 valence electrons. The highest BCUT2D eigenvalue weighted by Crippen LogP contribution is 2.11. The van der Waals surface area contributed by atoms with Gasteiger partial charge in [-0.05, 0) is 18.1 Å². The van der Waals surface area contributed by atoms with Crippen LogP contribution in [-0.2, 0) is 6.42 Å². The minimum Gasteiger partial charge on any atom is -0.464 e. The van der Waals surface area contributed by atoms with Crippen molar-refractivity contribution in [2.45, 2.75) is 6.42 Å². The largest absolute Gasteiger partial charge is 0.464 e. The summed E-state index contributed by atoms with van der Waals surface area (Å²) < 4.78 is 0. The Morgan fingerprint density at radius 3 is 2.52 bits per heavy atom. The number of rotatable bonds is 4. The second kappa shape index (κ2) is 5.66. The predicted octanol–water partition coefficient (Wildman–Crippen LogP) is 2.90. The summed E-state index contributed by atoms with van der Waals surface area (Å²) in [6.07, 6.45) is 1.36. The molecule has 0 saturated heterocycles. The molecule has 1 aromatic heterocycles. The van der Waals surface area contributed by atoms with Crippen LogP contribution in [0.1, 0.15) is 5.56 Å². The molecule has 2 aromatic carbocycles. The van der Waals surface area contributed by atoms with E-state index in [9.17, 15) is 9.90 Å². The second-order valence-corrected chi connectivity index (χ2v) is 4.75. The van der Waals surface area contributed by atoms with Crippen LogP contribution in [0.5, 0.6) is 0 Å². The monoisotopic (exact) mass is 281 g/mol. The van der Waals surface area contributed by atoms with Crippen molar-refractivity contribution in [3.05, 3.63) is 66.4 Å². The number of nitrogens with zero attached hydrogens (tertiary/aromatic N) is 3. The SMILES string of the molecule is O=C(O)N(CCc1ccccc1)n1cc2ccccc2n1. The van der Waals surface area contributed by atoms with Gasteiger partial charge in [0.25, 0.3) is 0 Å². The predicted molar refractivity (Wildman–Crippen MR) is 81.0 cm³/mol. The molecule has 0 fully saturated rings. The lowest BCUT2D eigenvalue weighted by molar-refractivity contribution is 0.193. The van der Waals surface area contributed by atoms with Gasteiger partial charge >= 0.3 is 6.09 Å². The number of carbonyl (C=O) groups is 1. The van der Waals surface area contributed by atoms with Crippen molar-refractivity contribution in [1.82, 2.24) is 9.89 Å². The van der Waals surface area contributed by atoms with Crippen molar-refractivity contribution in [1.29, 1.82) is 0 Å². The molecule has 0 aliphatic carbocycles. The van der Waals surface area contributed by atoms with Crippen molar-refractivity contribution >= 4 is 17.0 Å². The molecular formula is C16H15N3O2. The zero-order valence-electron chi connectivity index (χ0n) is 11.4. The lowest BCUT2D eigenvalue weighted by Crippen LogP contribution is -2.41. The average molecular weight is 281 g/mol. The summed E-state index contributed by atoms with van der Waals surface area (Å²) >= 11 is 0. The highest BCUT2D eigenvalue weighted by Gasteiger charge is 2.15. The van der Waals surface area contributed by atoms with Gasteiger partial charge in [0.05, 0.1) is 18.3 Å². The smallest absolute Gasteiger partial charge is 0.427 e. The second-order valence-electron chi connectivity index (χ2n) is 4.75. The quantitative estimate of drug-likeness (QED) is 0.800. The van der Waals surface area contributed by atoms with E-state index in [0.717, 1.165) is 16.5 Å². The molecule has 0 saturated carbocycles. The Balaban J connectivity index is 1.82. The molecule has 0 unspecified atom stereocenters. The third-order valence-corrected chi connectivity index (χ3v) is 3.32. The number of carboxylic acid groups (broad SMARTS) is 1. The summed E-state index contributed by atoms with van der Waals surface area (Å²) in [7, 11) is 0. The summed E-state index contributed by atoms with van der Waals surface area (Å²) in [4.78, 5) is 12.9. The van der Waals surface area contributed by atoms with E-state index in [-0.39, 0.29) is 0 Å². The molecule has 0 aliphatic heterocycles. The number of benzene rings is 2. The lowest BCUT2D eigenvalue weighted by Gasteiger charge is -2.18. The van der Waals surface area contributed by atoms with Gasteiger partial charge in [-0.2, -0.15) is 14.9 Å². The Morgan fingerprint density at radius 2 is 1.81 bits per heavy atom. The van der Waals surface area contributed by atoms with Crippen molar-refractivity contribution in [3.63, 3.8) is 0 Å². The molecule has 0 bridgehead atoms. The maximum atomic E-state index is 11.5. The Morgan fingerprint density at radius 1 is 1.10 bits per heavy atom. The molecule has 0 spiro atoms. The summed E-state index contributed by atoms with van der Waals surface area (Å²) in [5, 5.41) is 15.8. The van der Waals surface area contributed by atoms with E-state index in [0.29, 0.717) is 13.0 Å². The minimum atomic E-state index is -1.02. The third-order valence-electron chi connectivity index (χ3n) is 3.32. The number of fused-ring (bicyclic) bond motifs is 1. The Labute approximate surface area is 122 Å². The normalized spacial score (nSPS) is 10.7. The fraction of sp³-hybridized carbons (Fsp3) is 0.125. The molecule has 21 heavy (non-hydrogen) atoms. The highest BCUT2D eigenvalue weighted by molar-refractivity contribution is 5.80. The van der Waals surface area contributed by atoms with E-state index in [1.807, 2.05) is 54.6 Å². The average Bonchev–Trinajstić information content (AvgIpc) is 2.91. The van der Waals surface area contributed by atoms with Crippen molar-refractivity contribution in [3.8, 4) is 0 Å². The molecule has 0 atom stereocenters. The number of hydrogen-bond acceptors (Lipinski definition) is 2. The Hall–Kier alpha value is -2.82. The third kappa shape index (κ3) is 2.86. The first kappa shape index (κ1) is 13.2. The van der Waals surface area contributed by atoms with Crippen LogP contribution in [0, 0.1) is 0 Å². The first-order valence-corrected chi connectivity index (χ1v) is 6.73. The Bertz CT molecular complexity index is 719. The van der Waals surface area contributed by atoms with Gasteiger partial charge in [0.1, 0.15) is 0 Å². The summed E-state index contributed by atoms with van der Waals surface area (Å²) in [6.45, 7) is 0.354. The van der Waals surface area contributed by atoms with Gasteiger partial charge in [0, 0.05) is 5.39 Å². The van der Waals surface area contributed by atoms with Crippen LogP contribution in [0.2, 0.25) is 0 Å². The molecular weight excluding hydrogens is 266 g/mol. The first-order valence-electron chi connectivity index (χ1n) is 6.73. The van der Waals surface area contributed by atoms with Gasteiger partial charge in [-0.25, -0.2) is 4.79 Å². The zero-order valence-corrected chi connectivity index (χ0v) is 11.4. The Kier molecular flexibility index (Phi) is 3.55. The van der Waals surface area contributed by atoms with Crippen molar-refractivity contribution in [2.24, 2.45) is 0 Å². The standard InChI is InChI=1S/C16H15N3O2/c20-16(21)18(11-10-13-6-2-1-3-7-13)19-12-14-8-4-5-9-15(14)17-19/h1-9,12H,10-11H2,(H,20,21). The lowest BCUT2D eigenvalue weighted by atomic mass is 10.1. The van der Waals surface area contributed by atoms with E-state index in [4.69, 9.17) is 0 Å². The van der Waals surface area contributed by atoms with Gasteiger partial charge < -0.3 is 5.11 Å². The van der Waals surface area contributed by atoms with Gasteiger partial charge in [-0.3, -0.25) is 0 Å². The molecule has 1 heterocycles. The molecule has 3 aromatic rings. The summed E-state index contributed by atoms with van der Waals surface area (Å²) in [5.74, 6) is 0. The number of hydrogen-bond donors (Lipinski definition) is 1. The zero-order chi connectivity index (χ0) is 14.7. The minimum absolute atomic E-state index is 0.354. The van der Waals surface area contributed by atoms with E-state index >= 15 is 0 Å². The van der Waals surface area contributed by atoms with Crippen LogP contribution in [0.25, 0.3) is 10.9 Å². The van der Waals surface area contributed by atoms with Gasteiger partial charge in [0.2, 0.25) is 0 Å². The molecule has 0 radical (unpaired) electrons. The topological polar surface area (TPSA) is 58.4 Å². The van der Waals surface area contributed by atoms with Gasteiger partial charge in [-0.1, -0.05) is 48.5 Å². The van der Waals surface area contributed by atoms with Crippen molar-refractivity contribution in [2.75, 3.05) is 11.6 Å². The van der Waals surface area contributed by atoms with Crippen LogP contribution in [0.4, 0.5) is 4.79 Å². The van der Waals surface area contributed by atoms with Crippen LogP contribution in [0.15, 0.2) is 60.8 Å². The van der Waals surface area contributed by atoms with Crippen LogP contribution in [0.3, 0.4) is 0 Å². The summed E-state index contributed by atoms with van der Waals surface area (Å²) in [5.41, 5.74) is 1.88. The van der Waals surface area contributed by atoms with Crippen LogP contribution >= 0.6 is 0 Å². The van der Waals surface area contributed by atoms with Gasteiger partial charge in [-0.15, -0.1) is 0 Å². The number of aromatic nitrogens is 2. The van der Waals surface area contributed by atoms with Crippen LogP contribution in [-0.4, -0.2) is 27.6 Å².